The number of hydrogen-bond acceptors (Lipinski definition) is 5. The smallest absolute Gasteiger partial charge is 0.274 e. The van der Waals surface area contributed by atoms with Crippen LogP contribution in [0, 0.1) is 0 Å². The minimum absolute atomic E-state index is 0.0391. The number of nitrogens with one attached hydrogen (secondary N) is 1. The fourth-order valence-electron chi connectivity index (χ4n) is 3.09. The predicted octanol–water partition coefficient (Wildman–Crippen LogP) is 3.04. The van der Waals surface area contributed by atoms with E-state index in [9.17, 15) is 4.79 Å². The SMILES string of the molecule is CCCCCNc1cnc(C(=O)N2CCN(c3ccccc3)CC2)cn1. The molecule has 1 fully saturated rings. The zero-order valence-corrected chi connectivity index (χ0v) is 15.4. The molecule has 1 saturated heterocycles. The molecule has 3 rings (SSSR count). The number of benzene rings is 1. The minimum atomic E-state index is -0.0391. The minimum Gasteiger partial charge on any atom is -0.369 e. The third-order valence-corrected chi connectivity index (χ3v) is 4.65. The number of hydrogen-bond donors (Lipinski definition) is 1. The molecule has 26 heavy (non-hydrogen) atoms. The number of aromatic nitrogens is 2. The molecule has 1 aliphatic rings. The Morgan fingerprint density at radius 2 is 1.81 bits per heavy atom. The highest BCUT2D eigenvalue weighted by molar-refractivity contribution is 5.92. The molecule has 6 heteroatoms. The molecular formula is C20H27N5O. The van der Waals surface area contributed by atoms with Crippen molar-refractivity contribution in [2.75, 3.05) is 42.9 Å². The van der Waals surface area contributed by atoms with Crippen molar-refractivity contribution in [3.63, 3.8) is 0 Å². The summed E-state index contributed by atoms with van der Waals surface area (Å²) in [4.78, 5) is 25.4. The lowest BCUT2D eigenvalue weighted by Crippen LogP contribution is -2.49. The van der Waals surface area contributed by atoms with Gasteiger partial charge in [0.15, 0.2) is 0 Å². The number of anilines is 2. The summed E-state index contributed by atoms with van der Waals surface area (Å²) in [6.07, 6.45) is 6.74. The van der Waals surface area contributed by atoms with E-state index >= 15 is 0 Å². The molecule has 1 N–H and O–H groups in total. The Labute approximate surface area is 155 Å². The van der Waals surface area contributed by atoms with Crippen molar-refractivity contribution in [1.82, 2.24) is 14.9 Å². The summed E-state index contributed by atoms with van der Waals surface area (Å²) in [5.74, 6) is 0.689. The molecule has 6 nitrogen and oxygen atoms in total. The molecule has 2 aromatic rings. The summed E-state index contributed by atoms with van der Waals surface area (Å²) in [5, 5.41) is 3.24. The van der Waals surface area contributed by atoms with Crippen LogP contribution >= 0.6 is 0 Å². The molecule has 2 heterocycles. The van der Waals surface area contributed by atoms with Crippen LogP contribution in [0.4, 0.5) is 11.5 Å². The summed E-state index contributed by atoms with van der Waals surface area (Å²) in [6, 6.07) is 10.3. The third-order valence-electron chi connectivity index (χ3n) is 4.65. The second kappa shape index (κ2) is 9.17. The van der Waals surface area contributed by atoms with Gasteiger partial charge in [-0.1, -0.05) is 38.0 Å². The zero-order valence-electron chi connectivity index (χ0n) is 15.4. The van der Waals surface area contributed by atoms with Crippen molar-refractivity contribution < 1.29 is 4.79 Å². The number of nitrogens with zero attached hydrogens (tertiary/aromatic N) is 4. The Balaban J connectivity index is 1.50. The van der Waals surface area contributed by atoms with E-state index in [1.54, 1.807) is 12.4 Å². The van der Waals surface area contributed by atoms with Gasteiger partial charge in [0.2, 0.25) is 0 Å². The van der Waals surface area contributed by atoms with Crippen LogP contribution in [-0.4, -0.2) is 53.5 Å². The Kier molecular flexibility index (Phi) is 6.41. The summed E-state index contributed by atoms with van der Waals surface area (Å²) < 4.78 is 0. The highest BCUT2D eigenvalue weighted by Crippen LogP contribution is 2.16. The van der Waals surface area contributed by atoms with Crippen molar-refractivity contribution >= 4 is 17.4 Å². The fourth-order valence-corrected chi connectivity index (χ4v) is 3.09. The molecule has 0 bridgehead atoms. The van der Waals surface area contributed by atoms with E-state index in [0.29, 0.717) is 18.8 Å². The van der Waals surface area contributed by atoms with E-state index in [1.165, 1.54) is 18.5 Å². The van der Waals surface area contributed by atoms with Gasteiger partial charge in [0.05, 0.1) is 12.4 Å². The van der Waals surface area contributed by atoms with Gasteiger partial charge >= 0.3 is 0 Å². The first-order valence-corrected chi connectivity index (χ1v) is 9.43. The number of para-hydroxylation sites is 1. The number of amides is 1. The van der Waals surface area contributed by atoms with Crippen molar-refractivity contribution in [3.05, 3.63) is 48.4 Å². The molecule has 0 spiro atoms. The first-order valence-electron chi connectivity index (χ1n) is 9.43. The number of unbranched alkanes of at least 4 members (excludes halogenated alkanes) is 2. The van der Waals surface area contributed by atoms with Gasteiger partial charge in [0.25, 0.3) is 5.91 Å². The van der Waals surface area contributed by atoms with E-state index < -0.39 is 0 Å². The van der Waals surface area contributed by atoms with Gasteiger partial charge in [0, 0.05) is 38.4 Å². The molecule has 0 saturated carbocycles. The Morgan fingerprint density at radius 3 is 2.46 bits per heavy atom. The van der Waals surface area contributed by atoms with Crippen molar-refractivity contribution in [2.24, 2.45) is 0 Å². The van der Waals surface area contributed by atoms with Crippen LogP contribution in [0.1, 0.15) is 36.7 Å². The number of rotatable bonds is 7. The molecule has 1 aromatic heterocycles. The number of carbonyl (C=O) groups is 1. The van der Waals surface area contributed by atoms with Gasteiger partial charge in [0.1, 0.15) is 11.5 Å². The third kappa shape index (κ3) is 4.71. The van der Waals surface area contributed by atoms with E-state index in [2.05, 4.69) is 39.2 Å². The Hall–Kier alpha value is -2.63. The zero-order chi connectivity index (χ0) is 18.2. The van der Waals surface area contributed by atoms with Gasteiger partial charge in [-0.15, -0.1) is 0 Å². The number of piperazine rings is 1. The van der Waals surface area contributed by atoms with Crippen LogP contribution in [0.2, 0.25) is 0 Å². The summed E-state index contributed by atoms with van der Waals surface area (Å²) in [7, 11) is 0. The van der Waals surface area contributed by atoms with Crippen LogP contribution < -0.4 is 10.2 Å². The topological polar surface area (TPSA) is 61.4 Å². The summed E-state index contributed by atoms with van der Waals surface area (Å²) >= 11 is 0. The first kappa shape index (κ1) is 18.2. The monoisotopic (exact) mass is 353 g/mol. The van der Waals surface area contributed by atoms with Crippen LogP contribution in [0.15, 0.2) is 42.7 Å². The van der Waals surface area contributed by atoms with E-state index in [-0.39, 0.29) is 5.91 Å². The first-order chi connectivity index (χ1) is 12.8. The average molecular weight is 353 g/mol. The average Bonchev–Trinajstić information content (AvgIpc) is 2.72. The highest BCUT2D eigenvalue weighted by atomic mass is 16.2. The van der Waals surface area contributed by atoms with Crippen LogP contribution in [-0.2, 0) is 0 Å². The lowest BCUT2D eigenvalue weighted by atomic mass is 10.2. The van der Waals surface area contributed by atoms with Gasteiger partial charge in [-0.3, -0.25) is 4.79 Å². The summed E-state index contributed by atoms with van der Waals surface area (Å²) in [5.41, 5.74) is 1.62. The second-order valence-corrected chi connectivity index (χ2v) is 6.54. The second-order valence-electron chi connectivity index (χ2n) is 6.54. The Morgan fingerprint density at radius 1 is 1.04 bits per heavy atom. The van der Waals surface area contributed by atoms with Crippen molar-refractivity contribution in [2.45, 2.75) is 26.2 Å². The van der Waals surface area contributed by atoms with Gasteiger partial charge in [-0.2, -0.15) is 0 Å². The standard InChI is InChI=1S/C20H27N5O/c1-2-3-7-10-21-19-16-22-18(15-23-19)20(26)25-13-11-24(12-14-25)17-8-5-4-6-9-17/h4-6,8-9,15-16H,2-3,7,10-14H2,1H3,(H,21,23). The predicted molar refractivity (Wildman–Crippen MR) is 105 cm³/mol. The molecule has 0 aliphatic carbocycles. The van der Waals surface area contributed by atoms with Gasteiger partial charge < -0.3 is 15.1 Å². The normalized spacial score (nSPS) is 14.3. The number of carbonyl (C=O) groups excluding carboxylic acids is 1. The molecular weight excluding hydrogens is 326 g/mol. The molecule has 0 atom stereocenters. The maximum Gasteiger partial charge on any atom is 0.274 e. The quantitative estimate of drug-likeness (QED) is 0.775. The Bertz CT molecular complexity index is 681. The molecule has 1 amide bonds. The van der Waals surface area contributed by atoms with Crippen LogP contribution in [0.5, 0.6) is 0 Å². The summed E-state index contributed by atoms with van der Waals surface area (Å²) in [6.45, 7) is 6.14. The fraction of sp³-hybridized carbons (Fsp3) is 0.450. The molecule has 0 radical (unpaired) electrons. The van der Waals surface area contributed by atoms with Crippen LogP contribution in [0.3, 0.4) is 0 Å². The van der Waals surface area contributed by atoms with E-state index in [1.807, 2.05) is 23.1 Å². The lowest BCUT2D eigenvalue weighted by Gasteiger charge is -2.35. The van der Waals surface area contributed by atoms with Gasteiger partial charge in [-0.25, -0.2) is 9.97 Å². The van der Waals surface area contributed by atoms with Gasteiger partial charge in [-0.05, 0) is 18.6 Å². The molecule has 1 aromatic carbocycles. The maximum atomic E-state index is 12.6. The maximum absolute atomic E-state index is 12.6. The van der Waals surface area contributed by atoms with E-state index in [4.69, 9.17) is 0 Å². The largest absolute Gasteiger partial charge is 0.369 e. The molecule has 0 unspecified atom stereocenters. The van der Waals surface area contributed by atoms with Crippen molar-refractivity contribution in [3.8, 4) is 0 Å². The lowest BCUT2D eigenvalue weighted by molar-refractivity contribution is 0.0740. The highest BCUT2D eigenvalue weighted by Gasteiger charge is 2.23. The van der Waals surface area contributed by atoms with E-state index in [0.717, 1.165) is 31.9 Å². The van der Waals surface area contributed by atoms with Crippen molar-refractivity contribution in [1.29, 1.82) is 0 Å². The molecule has 138 valence electrons. The molecule has 1 aliphatic heterocycles. The van der Waals surface area contributed by atoms with Crippen LogP contribution in [0.25, 0.3) is 0 Å².